The van der Waals surface area contributed by atoms with Gasteiger partial charge in [-0.1, -0.05) is 29.8 Å². The van der Waals surface area contributed by atoms with Crippen molar-refractivity contribution in [3.63, 3.8) is 0 Å². The Morgan fingerprint density at radius 1 is 0.682 bits per heavy atom. The third kappa shape index (κ3) is 1.63. The van der Waals surface area contributed by atoms with Crippen LogP contribution in [-0.2, 0) is 0 Å². The van der Waals surface area contributed by atoms with Crippen molar-refractivity contribution < 1.29 is 4.42 Å². The van der Waals surface area contributed by atoms with Crippen molar-refractivity contribution in [1.82, 2.24) is 9.97 Å². The van der Waals surface area contributed by atoms with Gasteiger partial charge in [-0.25, -0.2) is 9.97 Å². The second-order valence-electron chi connectivity index (χ2n) is 5.29. The molecule has 0 aliphatic heterocycles. The van der Waals surface area contributed by atoms with Gasteiger partial charge < -0.3 is 4.42 Å². The molecule has 0 saturated heterocycles. The summed E-state index contributed by atoms with van der Waals surface area (Å²) in [6, 6.07) is 17.5. The van der Waals surface area contributed by atoms with Crippen LogP contribution in [0.3, 0.4) is 0 Å². The summed E-state index contributed by atoms with van der Waals surface area (Å²) in [5.41, 5.74) is 4.99. The zero-order valence-electron chi connectivity index (χ0n) is 11.4. The molecule has 0 radical (unpaired) electrons. The van der Waals surface area contributed by atoms with Crippen molar-refractivity contribution in [3.05, 3.63) is 59.6 Å². The average Bonchev–Trinajstić information content (AvgIpc) is 2.88. The highest BCUT2D eigenvalue weighted by Crippen LogP contribution is 2.31. The Morgan fingerprint density at radius 2 is 1.45 bits per heavy atom. The molecule has 0 saturated carbocycles. The summed E-state index contributed by atoms with van der Waals surface area (Å²) in [7, 11) is 0. The average molecular weight is 305 g/mol. The predicted octanol–water partition coefficient (Wildman–Crippen LogP) is 5.34. The van der Waals surface area contributed by atoms with E-state index in [4.69, 9.17) is 21.0 Å². The van der Waals surface area contributed by atoms with Crippen LogP contribution in [0.5, 0.6) is 0 Å². The summed E-state index contributed by atoms with van der Waals surface area (Å²) in [6.07, 6.45) is 0. The molecule has 104 valence electrons. The van der Waals surface area contributed by atoms with Gasteiger partial charge in [-0.05, 0) is 30.3 Å². The van der Waals surface area contributed by atoms with Crippen molar-refractivity contribution in [1.29, 1.82) is 0 Å². The molecular weight excluding hydrogens is 296 g/mol. The first-order valence-corrected chi connectivity index (χ1v) is 7.34. The molecule has 2 aromatic heterocycles. The lowest BCUT2D eigenvalue weighted by Crippen LogP contribution is -1.87. The molecule has 0 amide bonds. The second kappa shape index (κ2) is 4.18. The molecule has 0 atom stereocenters. The van der Waals surface area contributed by atoms with Gasteiger partial charge in [0.05, 0.1) is 22.1 Å². The summed E-state index contributed by atoms with van der Waals surface area (Å²) in [4.78, 5) is 9.34. The number of fused-ring (bicyclic) bond motifs is 5. The van der Waals surface area contributed by atoms with Crippen LogP contribution in [0.4, 0.5) is 0 Å². The minimum atomic E-state index is 0.658. The van der Waals surface area contributed by atoms with Gasteiger partial charge in [-0.3, -0.25) is 0 Å². The van der Waals surface area contributed by atoms with E-state index in [1.807, 2.05) is 48.5 Å². The maximum atomic E-state index is 6.03. The number of halogens is 1. The fourth-order valence-corrected chi connectivity index (χ4v) is 3.03. The molecule has 22 heavy (non-hydrogen) atoms. The Bertz CT molecular complexity index is 1190. The van der Waals surface area contributed by atoms with E-state index in [2.05, 4.69) is 11.1 Å². The fraction of sp³-hybridized carbons (Fsp3) is 0. The van der Waals surface area contributed by atoms with Gasteiger partial charge in [0.25, 0.3) is 0 Å². The van der Waals surface area contributed by atoms with Crippen molar-refractivity contribution in [2.45, 2.75) is 0 Å². The third-order valence-electron chi connectivity index (χ3n) is 3.89. The van der Waals surface area contributed by atoms with Crippen LogP contribution in [0.2, 0.25) is 5.02 Å². The van der Waals surface area contributed by atoms with Crippen LogP contribution in [0.25, 0.3) is 44.0 Å². The van der Waals surface area contributed by atoms with Crippen LogP contribution in [0, 0.1) is 0 Å². The second-order valence-corrected chi connectivity index (χ2v) is 5.73. The molecule has 0 unspecified atom stereocenters. The molecule has 4 heteroatoms. The largest absolute Gasteiger partial charge is 0.456 e. The van der Waals surface area contributed by atoms with Crippen molar-refractivity contribution in [2.75, 3.05) is 0 Å². The molecular formula is C18H9ClN2O. The van der Waals surface area contributed by atoms with E-state index in [9.17, 15) is 0 Å². The van der Waals surface area contributed by atoms with Crippen molar-refractivity contribution >= 4 is 55.6 Å². The van der Waals surface area contributed by atoms with Crippen LogP contribution < -0.4 is 0 Å². The molecule has 0 fully saturated rings. The summed E-state index contributed by atoms with van der Waals surface area (Å²) >= 11 is 6.03. The maximum absolute atomic E-state index is 6.03. The first kappa shape index (κ1) is 12.0. The molecule has 0 N–H and O–H groups in total. The van der Waals surface area contributed by atoms with Gasteiger partial charge in [-0.2, -0.15) is 0 Å². The lowest BCUT2D eigenvalue weighted by Gasteiger charge is -2.01. The van der Waals surface area contributed by atoms with E-state index in [0.717, 1.165) is 44.0 Å². The first-order chi connectivity index (χ1) is 10.8. The Morgan fingerprint density at radius 3 is 2.41 bits per heavy atom. The number of furan rings is 1. The molecule has 0 aliphatic rings. The Hall–Kier alpha value is -2.65. The van der Waals surface area contributed by atoms with Gasteiger partial charge in [-0.15, -0.1) is 0 Å². The molecule has 5 rings (SSSR count). The SMILES string of the molecule is Clc1ccc2nc3cc4c(cc3nc2c1)oc1ccccc14. The number of hydrogen-bond acceptors (Lipinski definition) is 3. The summed E-state index contributed by atoms with van der Waals surface area (Å²) in [5.74, 6) is 0. The highest BCUT2D eigenvalue weighted by Gasteiger charge is 2.10. The number of para-hydroxylation sites is 1. The summed E-state index contributed by atoms with van der Waals surface area (Å²) in [6.45, 7) is 0. The highest BCUT2D eigenvalue weighted by atomic mass is 35.5. The van der Waals surface area contributed by atoms with Crippen LogP contribution in [-0.4, -0.2) is 9.97 Å². The topological polar surface area (TPSA) is 38.9 Å². The number of rotatable bonds is 0. The quantitative estimate of drug-likeness (QED) is 0.363. The standard InChI is InChI=1S/C18H9ClN2O/c19-10-5-6-13-14(7-10)21-16-9-18-12(8-15(16)20-13)11-3-1-2-4-17(11)22-18/h1-9H. The van der Waals surface area contributed by atoms with Crippen LogP contribution in [0.1, 0.15) is 0 Å². The van der Waals surface area contributed by atoms with Crippen LogP contribution >= 0.6 is 11.6 Å². The van der Waals surface area contributed by atoms with Gasteiger partial charge >= 0.3 is 0 Å². The van der Waals surface area contributed by atoms with E-state index >= 15 is 0 Å². The van der Waals surface area contributed by atoms with E-state index in [1.165, 1.54) is 0 Å². The monoisotopic (exact) mass is 304 g/mol. The van der Waals surface area contributed by atoms with E-state index < -0.39 is 0 Å². The van der Waals surface area contributed by atoms with Crippen molar-refractivity contribution in [3.8, 4) is 0 Å². The van der Waals surface area contributed by atoms with Gasteiger partial charge in [0.1, 0.15) is 11.2 Å². The highest BCUT2D eigenvalue weighted by molar-refractivity contribution is 6.31. The zero-order chi connectivity index (χ0) is 14.7. The maximum Gasteiger partial charge on any atom is 0.137 e. The lowest BCUT2D eigenvalue weighted by molar-refractivity contribution is 0.669. The van der Waals surface area contributed by atoms with Crippen molar-refractivity contribution in [2.24, 2.45) is 0 Å². The molecule has 5 aromatic rings. The normalized spacial score (nSPS) is 11.9. The van der Waals surface area contributed by atoms with Gasteiger partial charge in [0.15, 0.2) is 0 Å². The molecule has 0 aliphatic carbocycles. The Labute approximate surface area is 130 Å². The molecule has 3 aromatic carbocycles. The molecule has 2 heterocycles. The molecule has 0 bridgehead atoms. The fourth-order valence-electron chi connectivity index (χ4n) is 2.87. The number of benzene rings is 3. The smallest absolute Gasteiger partial charge is 0.137 e. The van der Waals surface area contributed by atoms with E-state index in [0.29, 0.717) is 5.02 Å². The predicted molar refractivity (Wildman–Crippen MR) is 89.3 cm³/mol. The Balaban J connectivity index is 1.95. The number of aromatic nitrogens is 2. The minimum Gasteiger partial charge on any atom is -0.456 e. The first-order valence-electron chi connectivity index (χ1n) is 6.96. The van der Waals surface area contributed by atoms with Crippen LogP contribution in [0.15, 0.2) is 59.0 Å². The Kier molecular flexibility index (Phi) is 2.27. The summed E-state index contributed by atoms with van der Waals surface area (Å²) < 4.78 is 5.90. The molecule has 3 nitrogen and oxygen atoms in total. The lowest BCUT2D eigenvalue weighted by atomic mass is 10.1. The summed E-state index contributed by atoms with van der Waals surface area (Å²) in [5, 5.41) is 2.81. The number of hydrogen-bond donors (Lipinski definition) is 0. The van der Waals surface area contributed by atoms with E-state index in [1.54, 1.807) is 0 Å². The molecule has 0 spiro atoms. The van der Waals surface area contributed by atoms with Gasteiger partial charge in [0, 0.05) is 21.9 Å². The zero-order valence-corrected chi connectivity index (χ0v) is 12.1. The third-order valence-corrected chi connectivity index (χ3v) is 4.13. The minimum absolute atomic E-state index is 0.658. The van der Waals surface area contributed by atoms with Gasteiger partial charge in [0.2, 0.25) is 0 Å². The van der Waals surface area contributed by atoms with E-state index in [-0.39, 0.29) is 0 Å². The number of nitrogens with zero attached hydrogens (tertiary/aromatic N) is 2.